The molecule has 3 aliphatic rings. The van der Waals surface area contributed by atoms with Crippen molar-refractivity contribution < 1.29 is 4.74 Å². The first-order valence-corrected chi connectivity index (χ1v) is 9.59. The number of rotatable bonds is 3. The normalized spacial score (nSPS) is 31.2. The average molecular weight is 349 g/mol. The van der Waals surface area contributed by atoms with Crippen molar-refractivity contribution in [1.29, 1.82) is 5.26 Å². The first-order chi connectivity index (χ1) is 12.8. The Bertz CT molecular complexity index is 855. The molecule has 0 spiro atoms. The molecule has 6 heteroatoms. The van der Waals surface area contributed by atoms with Crippen molar-refractivity contribution in [3.05, 3.63) is 30.1 Å². The molecule has 0 amide bonds. The molecule has 1 saturated carbocycles. The quantitative estimate of drug-likeness (QED) is 0.918. The van der Waals surface area contributed by atoms with Gasteiger partial charge < -0.3 is 10.1 Å². The number of nitriles is 1. The second kappa shape index (κ2) is 6.49. The van der Waals surface area contributed by atoms with Crippen LogP contribution in [0.3, 0.4) is 0 Å². The van der Waals surface area contributed by atoms with Crippen LogP contribution in [0.4, 0.5) is 5.82 Å². The Kier molecular flexibility index (Phi) is 3.99. The predicted octanol–water partition coefficient (Wildman–Crippen LogP) is 2.70. The van der Waals surface area contributed by atoms with Gasteiger partial charge in [0.05, 0.1) is 29.9 Å². The fourth-order valence-electron chi connectivity index (χ4n) is 4.86. The van der Waals surface area contributed by atoms with Crippen molar-refractivity contribution in [3.8, 4) is 6.07 Å². The Morgan fingerprint density at radius 1 is 1.15 bits per heavy atom. The molecule has 3 fully saturated rings. The maximum atomic E-state index is 9.16. The molecule has 2 aliphatic heterocycles. The van der Waals surface area contributed by atoms with Crippen LogP contribution in [0.25, 0.3) is 10.9 Å². The first-order valence-electron chi connectivity index (χ1n) is 9.59. The van der Waals surface area contributed by atoms with Gasteiger partial charge in [-0.2, -0.15) is 5.26 Å². The molecule has 2 aromatic rings. The summed E-state index contributed by atoms with van der Waals surface area (Å²) in [6.45, 7) is 2.05. The van der Waals surface area contributed by atoms with Gasteiger partial charge in [0.15, 0.2) is 0 Å². The third-order valence-corrected chi connectivity index (χ3v) is 6.21. The van der Waals surface area contributed by atoms with E-state index in [1.165, 1.54) is 19.3 Å². The lowest BCUT2D eigenvalue weighted by Gasteiger charge is -2.39. The van der Waals surface area contributed by atoms with Crippen LogP contribution in [-0.4, -0.2) is 52.2 Å². The summed E-state index contributed by atoms with van der Waals surface area (Å²) in [6.07, 6.45) is 8.08. The zero-order valence-electron chi connectivity index (χ0n) is 14.8. The molecule has 6 nitrogen and oxygen atoms in total. The molecule has 0 radical (unpaired) electrons. The van der Waals surface area contributed by atoms with Crippen LogP contribution < -0.4 is 5.32 Å². The standard InChI is InChI=1S/C20H23N5O/c21-9-13-1-6-19-18(7-13)20(23-12-22-19)24-14-2-4-15(5-3-14)25-10-17-8-16(25)11-26-17/h1,6-7,12,14-17H,2-5,8,10-11H2,(H,22,23,24)/t14?,15?,16-,17-/m0/s1. The van der Waals surface area contributed by atoms with Gasteiger partial charge >= 0.3 is 0 Å². The van der Waals surface area contributed by atoms with Crippen molar-refractivity contribution in [2.45, 2.75) is 56.3 Å². The van der Waals surface area contributed by atoms with Gasteiger partial charge in [-0.3, -0.25) is 4.90 Å². The Morgan fingerprint density at radius 3 is 2.77 bits per heavy atom. The Labute approximate surface area is 153 Å². The largest absolute Gasteiger partial charge is 0.375 e. The van der Waals surface area contributed by atoms with Crippen LogP contribution in [0, 0.1) is 11.3 Å². The number of likely N-dealkylation sites (tertiary alicyclic amines) is 1. The molecule has 2 saturated heterocycles. The summed E-state index contributed by atoms with van der Waals surface area (Å²) in [5, 5.41) is 13.7. The first kappa shape index (κ1) is 16.0. The van der Waals surface area contributed by atoms with E-state index in [0.29, 0.717) is 29.8 Å². The molecule has 134 valence electrons. The molecule has 2 atom stereocenters. The van der Waals surface area contributed by atoms with Gasteiger partial charge in [0.2, 0.25) is 0 Å². The average Bonchev–Trinajstić information content (AvgIpc) is 3.32. The number of nitrogens with one attached hydrogen (secondary N) is 1. The lowest BCUT2D eigenvalue weighted by molar-refractivity contribution is 0.00330. The number of fused-ring (bicyclic) bond motifs is 3. The zero-order valence-corrected chi connectivity index (χ0v) is 14.8. The summed E-state index contributed by atoms with van der Waals surface area (Å²) in [7, 11) is 0. The van der Waals surface area contributed by atoms with Crippen LogP contribution in [0.2, 0.25) is 0 Å². The zero-order chi connectivity index (χ0) is 17.5. The Balaban J connectivity index is 1.27. The molecule has 5 rings (SSSR count). The molecule has 3 heterocycles. The van der Waals surface area contributed by atoms with Crippen LogP contribution >= 0.6 is 0 Å². The molecular weight excluding hydrogens is 326 g/mol. The van der Waals surface area contributed by atoms with Gasteiger partial charge in [-0.1, -0.05) is 0 Å². The predicted molar refractivity (Wildman–Crippen MR) is 98.8 cm³/mol. The number of nitrogens with zero attached hydrogens (tertiary/aromatic N) is 4. The van der Waals surface area contributed by atoms with Gasteiger partial charge in [-0.25, -0.2) is 9.97 Å². The smallest absolute Gasteiger partial charge is 0.137 e. The summed E-state index contributed by atoms with van der Waals surface area (Å²) in [6, 6.07) is 9.58. The number of aromatic nitrogens is 2. The van der Waals surface area contributed by atoms with E-state index in [-0.39, 0.29) is 0 Å². The number of anilines is 1. The molecule has 1 aromatic carbocycles. The maximum Gasteiger partial charge on any atom is 0.137 e. The van der Waals surface area contributed by atoms with E-state index < -0.39 is 0 Å². The van der Waals surface area contributed by atoms with E-state index in [0.717, 1.165) is 42.7 Å². The minimum atomic E-state index is 0.436. The van der Waals surface area contributed by atoms with Gasteiger partial charge in [0.25, 0.3) is 0 Å². The van der Waals surface area contributed by atoms with Gasteiger partial charge in [-0.15, -0.1) is 0 Å². The third-order valence-electron chi connectivity index (χ3n) is 6.21. The van der Waals surface area contributed by atoms with E-state index in [4.69, 9.17) is 10.00 Å². The molecule has 1 aliphatic carbocycles. The SMILES string of the molecule is N#Cc1ccc2ncnc(NC3CCC(N4C[C@@H]5C[C@H]4CO5)CC3)c2c1. The van der Waals surface area contributed by atoms with Crippen LogP contribution in [0.1, 0.15) is 37.7 Å². The molecule has 26 heavy (non-hydrogen) atoms. The number of benzene rings is 1. The van der Waals surface area contributed by atoms with E-state index in [1.54, 1.807) is 12.4 Å². The minimum absolute atomic E-state index is 0.436. The summed E-state index contributed by atoms with van der Waals surface area (Å²) in [5.41, 5.74) is 1.52. The van der Waals surface area contributed by atoms with Crippen LogP contribution in [0.5, 0.6) is 0 Å². The van der Waals surface area contributed by atoms with E-state index in [1.807, 2.05) is 12.1 Å². The van der Waals surface area contributed by atoms with E-state index in [9.17, 15) is 0 Å². The lowest BCUT2D eigenvalue weighted by atomic mass is 9.89. The number of morpholine rings is 1. The van der Waals surface area contributed by atoms with Crippen LogP contribution in [-0.2, 0) is 4.74 Å². The van der Waals surface area contributed by atoms with Gasteiger partial charge in [0.1, 0.15) is 12.1 Å². The monoisotopic (exact) mass is 349 g/mol. The second-order valence-corrected chi connectivity index (χ2v) is 7.76. The second-order valence-electron chi connectivity index (χ2n) is 7.76. The number of hydrogen-bond donors (Lipinski definition) is 1. The van der Waals surface area contributed by atoms with Crippen molar-refractivity contribution in [2.75, 3.05) is 18.5 Å². The molecule has 1 N–H and O–H groups in total. The van der Waals surface area contributed by atoms with Gasteiger partial charge in [-0.05, 0) is 50.3 Å². The summed E-state index contributed by atoms with van der Waals surface area (Å²) < 4.78 is 5.74. The third kappa shape index (κ3) is 2.81. The molecule has 0 unspecified atom stereocenters. The summed E-state index contributed by atoms with van der Waals surface area (Å²) >= 11 is 0. The van der Waals surface area contributed by atoms with Gasteiger partial charge in [0, 0.05) is 30.1 Å². The lowest BCUT2D eigenvalue weighted by Crippen LogP contribution is -2.46. The number of ether oxygens (including phenoxy) is 1. The Morgan fingerprint density at radius 2 is 2.04 bits per heavy atom. The molecule has 1 aromatic heterocycles. The fourth-order valence-corrected chi connectivity index (χ4v) is 4.86. The van der Waals surface area contributed by atoms with Crippen molar-refractivity contribution >= 4 is 16.7 Å². The highest BCUT2D eigenvalue weighted by molar-refractivity contribution is 5.89. The molecule has 2 bridgehead atoms. The van der Waals surface area contributed by atoms with E-state index in [2.05, 4.69) is 26.3 Å². The minimum Gasteiger partial charge on any atom is -0.375 e. The fraction of sp³-hybridized carbons (Fsp3) is 0.550. The maximum absolute atomic E-state index is 9.16. The highest BCUT2D eigenvalue weighted by Gasteiger charge is 2.42. The van der Waals surface area contributed by atoms with Crippen molar-refractivity contribution in [2.24, 2.45) is 0 Å². The van der Waals surface area contributed by atoms with Crippen LogP contribution in [0.15, 0.2) is 24.5 Å². The number of hydrogen-bond acceptors (Lipinski definition) is 6. The van der Waals surface area contributed by atoms with Crippen molar-refractivity contribution in [3.63, 3.8) is 0 Å². The van der Waals surface area contributed by atoms with E-state index >= 15 is 0 Å². The molecular formula is C20H23N5O. The Hall–Kier alpha value is -2.23. The topological polar surface area (TPSA) is 74.1 Å². The van der Waals surface area contributed by atoms with Crippen molar-refractivity contribution in [1.82, 2.24) is 14.9 Å². The summed E-state index contributed by atoms with van der Waals surface area (Å²) in [5.74, 6) is 0.851. The highest BCUT2D eigenvalue weighted by atomic mass is 16.5. The highest BCUT2D eigenvalue weighted by Crippen LogP contribution is 2.35. The summed E-state index contributed by atoms with van der Waals surface area (Å²) in [4.78, 5) is 11.5.